The molecule has 0 aliphatic carbocycles. The monoisotopic (exact) mass is 707 g/mol. The number of hydrogen-bond acceptors (Lipinski definition) is 4. The lowest BCUT2D eigenvalue weighted by atomic mass is 9.88. The lowest BCUT2D eigenvalue weighted by molar-refractivity contribution is -0.461. The second-order valence-electron chi connectivity index (χ2n) is 8.29. The van der Waals surface area contributed by atoms with Crippen LogP contribution in [0.25, 0.3) is 0 Å². The predicted octanol–water partition coefficient (Wildman–Crippen LogP) is 5.93. The molecular weight excluding hydrogens is 688 g/mol. The summed E-state index contributed by atoms with van der Waals surface area (Å²) in [5, 5.41) is 0. The van der Waals surface area contributed by atoms with Crippen molar-refractivity contribution in [3.8, 4) is 0 Å². The molecule has 0 rings (SSSR count). The summed E-state index contributed by atoms with van der Waals surface area (Å²) in [7, 11) is -10.4. The highest BCUT2D eigenvalue weighted by atomic mass is 32.2. The molecule has 42 heavy (non-hydrogen) atoms. The largest absolute Gasteiger partial charge is 0.469 e. The summed E-state index contributed by atoms with van der Waals surface area (Å²) in [5.74, 6) is -60.3. The average molecular weight is 707 g/mol. The van der Waals surface area contributed by atoms with Gasteiger partial charge in [0.2, 0.25) is 10.0 Å². The van der Waals surface area contributed by atoms with Crippen LogP contribution in [0.3, 0.4) is 0 Å². The summed E-state index contributed by atoms with van der Waals surface area (Å²) in [6, 6.07) is 0. The maximum Gasteiger partial charge on any atom is 0.469 e. The van der Waals surface area contributed by atoms with Crippen molar-refractivity contribution in [3.63, 3.8) is 0 Å². The normalized spacial score (nSPS) is 15.9. The SMILES string of the molecule is CCCN(CCCOP(=O)(O)O)S(=O)(=O)CCC(F)(F)C(F)(F)C(F)(F)C(F)(F)C(F)(F)C(F)(F)C(F)(F)C(F)(F)F. The van der Waals surface area contributed by atoms with Gasteiger partial charge in [-0.05, 0) is 12.8 Å². The van der Waals surface area contributed by atoms with Gasteiger partial charge in [0.15, 0.2) is 0 Å². The van der Waals surface area contributed by atoms with Crippen molar-refractivity contribution in [1.82, 2.24) is 4.31 Å². The zero-order valence-electron chi connectivity index (χ0n) is 20.2. The van der Waals surface area contributed by atoms with Crippen molar-refractivity contribution >= 4 is 17.8 Å². The van der Waals surface area contributed by atoms with E-state index in [2.05, 4.69) is 4.52 Å². The van der Waals surface area contributed by atoms with Gasteiger partial charge < -0.3 is 9.79 Å². The summed E-state index contributed by atoms with van der Waals surface area (Å²) in [5.41, 5.74) is 0. The Kier molecular flexibility index (Phi) is 12.0. The number of phosphoric ester groups is 1. The average Bonchev–Trinajstić information content (AvgIpc) is 2.77. The van der Waals surface area contributed by atoms with Crippen LogP contribution >= 0.6 is 7.82 Å². The van der Waals surface area contributed by atoms with Gasteiger partial charge in [-0.15, -0.1) is 0 Å². The minimum absolute atomic E-state index is 0.130. The number of alkyl halides is 17. The number of rotatable bonds is 17. The van der Waals surface area contributed by atoms with E-state index in [1.165, 1.54) is 6.92 Å². The Hall–Kier alpha value is -1.17. The fourth-order valence-corrected chi connectivity index (χ4v) is 4.81. The van der Waals surface area contributed by atoms with Gasteiger partial charge in [-0.1, -0.05) is 6.92 Å². The van der Waals surface area contributed by atoms with E-state index >= 15 is 0 Å². The predicted molar refractivity (Wildman–Crippen MR) is 104 cm³/mol. The number of halogens is 17. The van der Waals surface area contributed by atoms with Crippen LogP contribution in [0.4, 0.5) is 74.6 Å². The van der Waals surface area contributed by atoms with Crippen LogP contribution in [0.2, 0.25) is 0 Å². The molecule has 0 aromatic rings. The highest BCUT2D eigenvalue weighted by molar-refractivity contribution is 7.89. The Balaban J connectivity index is 6.29. The lowest BCUT2D eigenvalue weighted by Gasteiger charge is -2.42. The molecule has 0 aromatic heterocycles. The first-order valence-corrected chi connectivity index (χ1v) is 13.7. The van der Waals surface area contributed by atoms with Crippen LogP contribution in [0.5, 0.6) is 0 Å². The molecule has 7 nitrogen and oxygen atoms in total. The first-order valence-electron chi connectivity index (χ1n) is 10.5. The lowest BCUT2D eigenvalue weighted by Crippen LogP contribution is -2.74. The zero-order chi connectivity index (χ0) is 34.2. The van der Waals surface area contributed by atoms with E-state index < -0.39 is 104 Å². The number of sulfonamides is 1. The Labute approximate surface area is 224 Å². The number of nitrogens with zero attached hydrogens (tertiary/aromatic N) is 1. The van der Waals surface area contributed by atoms with Crippen LogP contribution in [0.1, 0.15) is 26.2 Å². The Bertz CT molecular complexity index is 1080. The van der Waals surface area contributed by atoms with Gasteiger partial charge in [-0.2, -0.15) is 74.6 Å². The van der Waals surface area contributed by atoms with Gasteiger partial charge >= 0.3 is 55.5 Å². The molecule has 0 unspecified atom stereocenters. The first kappa shape index (κ1) is 40.8. The molecule has 0 aliphatic heterocycles. The van der Waals surface area contributed by atoms with Gasteiger partial charge in [0.25, 0.3) is 0 Å². The van der Waals surface area contributed by atoms with Crippen molar-refractivity contribution in [1.29, 1.82) is 0 Å². The third-order valence-corrected chi connectivity index (χ3v) is 7.53. The molecule has 0 fully saturated rings. The fraction of sp³-hybridized carbons (Fsp3) is 1.00. The minimum atomic E-state index is -8.79. The standard InChI is InChI=1S/C16H19F17NO6PS/c1-2-5-34(6-3-7-40-41(35,36)37)42(38,39)8-4-9(17,18)10(19,20)11(21,22)12(23,24)13(25,26)14(27,28)15(29,30)16(31,32)33/h2-8H2,1H3,(H2,35,36,37). The van der Waals surface area contributed by atoms with Crippen LogP contribution in [0.15, 0.2) is 0 Å². The zero-order valence-corrected chi connectivity index (χ0v) is 21.9. The van der Waals surface area contributed by atoms with Crippen LogP contribution in [0, 0.1) is 0 Å². The molecule has 0 amide bonds. The second-order valence-corrected chi connectivity index (χ2v) is 11.6. The fourth-order valence-electron chi connectivity index (χ4n) is 2.80. The molecule has 0 aromatic carbocycles. The summed E-state index contributed by atoms with van der Waals surface area (Å²) in [6.07, 6.45) is -11.9. The first-order chi connectivity index (χ1) is 18.1. The van der Waals surface area contributed by atoms with Crippen molar-refractivity contribution in [3.05, 3.63) is 0 Å². The maximum absolute atomic E-state index is 14.0. The highest BCUT2D eigenvalue weighted by Gasteiger charge is 2.95. The maximum atomic E-state index is 14.0. The molecule has 26 heteroatoms. The van der Waals surface area contributed by atoms with Crippen LogP contribution < -0.4 is 0 Å². The Morgan fingerprint density at radius 1 is 0.667 bits per heavy atom. The molecular formula is C16H19F17NO6PS. The van der Waals surface area contributed by atoms with Crippen LogP contribution in [-0.4, -0.2) is 95.6 Å². The van der Waals surface area contributed by atoms with Crippen LogP contribution in [-0.2, 0) is 19.1 Å². The van der Waals surface area contributed by atoms with Crippen molar-refractivity contribution in [2.24, 2.45) is 0 Å². The second kappa shape index (κ2) is 12.3. The molecule has 2 N–H and O–H groups in total. The number of hydrogen-bond donors (Lipinski definition) is 2. The molecule has 0 radical (unpaired) electrons. The quantitative estimate of drug-likeness (QED) is 0.111. The van der Waals surface area contributed by atoms with E-state index in [1.54, 1.807) is 0 Å². The molecule has 0 bridgehead atoms. The van der Waals surface area contributed by atoms with E-state index in [0.29, 0.717) is 0 Å². The third-order valence-electron chi connectivity index (χ3n) is 5.14. The van der Waals surface area contributed by atoms with Gasteiger partial charge in [0.05, 0.1) is 12.4 Å². The third kappa shape index (κ3) is 7.54. The van der Waals surface area contributed by atoms with E-state index in [4.69, 9.17) is 9.79 Å². The van der Waals surface area contributed by atoms with E-state index in [-0.39, 0.29) is 10.7 Å². The van der Waals surface area contributed by atoms with E-state index in [0.717, 1.165) is 0 Å². The summed E-state index contributed by atoms with van der Waals surface area (Å²) in [6.45, 7) is -1.23. The summed E-state index contributed by atoms with van der Waals surface area (Å²) in [4.78, 5) is 17.0. The molecule has 254 valence electrons. The molecule has 0 atom stereocenters. The highest BCUT2D eigenvalue weighted by Crippen LogP contribution is 2.64. The van der Waals surface area contributed by atoms with Gasteiger partial charge in [-0.3, -0.25) is 4.52 Å². The number of phosphoric acid groups is 1. The van der Waals surface area contributed by atoms with E-state index in [1.807, 2.05) is 0 Å². The Morgan fingerprint density at radius 2 is 1.05 bits per heavy atom. The molecule has 0 heterocycles. The summed E-state index contributed by atoms with van der Waals surface area (Å²) >= 11 is 0. The van der Waals surface area contributed by atoms with Gasteiger partial charge in [-0.25, -0.2) is 17.3 Å². The molecule has 0 spiro atoms. The molecule has 0 saturated carbocycles. The summed E-state index contributed by atoms with van der Waals surface area (Å²) < 4.78 is 266. The van der Waals surface area contributed by atoms with Crippen molar-refractivity contribution < 1.29 is 102 Å². The van der Waals surface area contributed by atoms with Crippen molar-refractivity contribution in [2.45, 2.75) is 73.8 Å². The smallest absolute Gasteiger partial charge is 0.303 e. The van der Waals surface area contributed by atoms with E-state index in [9.17, 15) is 87.6 Å². The molecule has 0 aliphatic rings. The molecule has 0 saturated heterocycles. The van der Waals surface area contributed by atoms with Gasteiger partial charge in [0.1, 0.15) is 0 Å². The van der Waals surface area contributed by atoms with Gasteiger partial charge in [0, 0.05) is 19.5 Å². The minimum Gasteiger partial charge on any atom is -0.303 e. The topological polar surface area (TPSA) is 104 Å². The Morgan fingerprint density at radius 3 is 1.40 bits per heavy atom. The van der Waals surface area contributed by atoms with Crippen molar-refractivity contribution in [2.75, 3.05) is 25.4 Å².